The van der Waals surface area contributed by atoms with E-state index in [0.717, 1.165) is 29.0 Å². The summed E-state index contributed by atoms with van der Waals surface area (Å²) in [6.07, 6.45) is 0.993. The Kier molecular flexibility index (Phi) is 3.45. The first-order chi connectivity index (χ1) is 7.22. The highest BCUT2D eigenvalue weighted by Gasteiger charge is 2.18. The number of rotatable bonds is 1. The molecule has 2 heterocycles. The molecule has 4 heteroatoms. The van der Waals surface area contributed by atoms with E-state index in [4.69, 9.17) is 4.74 Å². The summed E-state index contributed by atoms with van der Waals surface area (Å²) in [7, 11) is 1.68. The normalized spacial score (nSPS) is 20.6. The molecule has 1 aliphatic rings. The Bertz CT molecular complexity index is 368. The fraction of sp³-hybridized carbons (Fsp3) is 0.545. The van der Waals surface area contributed by atoms with Gasteiger partial charge in [-0.25, -0.2) is 4.98 Å². The lowest BCUT2D eigenvalue weighted by molar-refractivity contribution is 0.392. The van der Waals surface area contributed by atoms with Gasteiger partial charge in [0.05, 0.1) is 10.7 Å². The van der Waals surface area contributed by atoms with E-state index in [1.165, 1.54) is 11.3 Å². The van der Waals surface area contributed by atoms with Crippen LogP contribution in [-0.2, 0) is 6.42 Å². The number of hydrogen-bond donors (Lipinski definition) is 1. The van der Waals surface area contributed by atoms with E-state index in [2.05, 4.69) is 45.9 Å². The summed E-state index contributed by atoms with van der Waals surface area (Å²) >= 11 is 2.28. The van der Waals surface area contributed by atoms with Crippen LogP contribution in [-0.4, -0.2) is 25.2 Å². The Balaban J connectivity index is 2.46. The van der Waals surface area contributed by atoms with E-state index in [9.17, 15) is 0 Å². The highest BCUT2D eigenvalue weighted by molar-refractivity contribution is 14.1. The van der Waals surface area contributed by atoms with E-state index in [-0.39, 0.29) is 0 Å². The predicted octanol–water partition coefficient (Wildman–Crippen LogP) is 1.94. The molecule has 0 bridgehead atoms. The van der Waals surface area contributed by atoms with Gasteiger partial charge in [0.15, 0.2) is 0 Å². The maximum Gasteiger partial charge on any atom is 0.227 e. The van der Waals surface area contributed by atoms with Crippen molar-refractivity contribution in [3.8, 4) is 5.88 Å². The number of methoxy groups -OCH3 is 1. The second kappa shape index (κ2) is 4.65. The molecular formula is C11H15IN2O. The molecule has 0 saturated carbocycles. The van der Waals surface area contributed by atoms with Crippen LogP contribution in [0.5, 0.6) is 5.88 Å². The van der Waals surface area contributed by atoms with Gasteiger partial charge in [-0.05, 0) is 40.1 Å². The van der Waals surface area contributed by atoms with Crippen molar-refractivity contribution in [2.75, 3.05) is 20.2 Å². The first-order valence-corrected chi connectivity index (χ1v) is 6.24. The van der Waals surface area contributed by atoms with Gasteiger partial charge in [-0.2, -0.15) is 0 Å². The molecule has 0 fully saturated rings. The number of nitrogens with one attached hydrogen (secondary N) is 1. The molecule has 0 saturated heterocycles. The van der Waals surface area contributed by atoms with E-state index in [1.807, 2.05) is 0 Å². The third-order valence-corrected chi connectivity index (χ3v) is 3.54. The number of aromatic nitrogens is 1. The average molecular weight is 318 g/mol. The van der Waals surface area contributed by atoms with Crippen molar-refractivity contribution in [2.45, 2.75) is 19.3 Å². The standard InChI is InChI=1S/C11H15IN2O/c1-7-6-13-4-3-10-8(7)5-9(12)11(14-10)15-2/h5,7,13H,3-4,6H2,1-2H3. The fourth-order valence-corrected chi connectivity index (χ4v) is 2.60. The van der Waals surface area contributed by atoms with Crippen molar-refractivity contribution in [3.63, 3.8) is 0 Å². The lowest BCUT2D eigenvalue weighted by Crippen LogP contribution is -2.18. The van der Waals surface area contributed by atoms with Gasteiger partial charge in [-0.1, -0.05) is 6.92 Å². The molecule has 3 nitrogen and oxygen atoms in total. The van der Waals surface area contributed by atoms with E-state index >= 15 is 0 Å². The topological polar surface area (TPSA) is 34.1 Å². The van der Waals surface area contributed by atoms with Gasteiger partial charge in [0.1, 0.15) is 0 Å². The Morgan fingerprint density at radius 3 is 3.13 bits per heavy atom. The molecule has 1 N–H and O–H groups in total. The maximum absolute atomic E-state index is 5.25. The van der Waals surface area contributed by atoms with Gasteiger partial charge < -0.3 is 10.1 Å². The summed E-state index contributed by atoms with van der Waals surface area (Å²) in [6.45, 7) is 4.28. The van der Waals surface area contributed by atoms with Crippen molar-refractivity contribution in [2.24, 2.45) is 0 Å². The quantitative estimate of drug-likeness (QED) is 0.804. The van der Waals surface area contributed by atoms with Crippen molar-refractivity contribution in [3.05, 3.63) is 20.9 Å². The average Bonchev–Trinajstić information content (AvgIpc) is 2.40. The molecule has 0 aromatic carbocycles. The first kappa shape index (κ1) is 11.1. The van der Waals surface area contributed by atoms with Crippen LogP contribution in [0.4, 0.5) is 0 Å². The van der Waals surface area contributed by atoms with Gasteiger partial charge in [-0.3, -0.25) is 0 Å². The highest BCUT2D eigenvalue weighted by atomic mass is 127. The predicted molar refractivity (Wildman–Crippen MR) is 68.5 cm³/mol. The second-order valence-electron chi connectivity index (χ2n) is 3.87. The van der Waals surface area contributed by atoms with Crippen LogP contribution < -0.4 is 10.1 Å². The van der Waals surface area contributed by atoms with Crippen LogP contribution in [0.3, 0.4) is 0 Å². The molecule has 15 heavy (non-hydrogen) atoms. The number of pyridine rings is 1. The van der Waals surface area contributed by atoms with E-state index in [0.29, 0.717) is 5.92 Å². The molecule has 82 valence electrons. The molecule has 1 aromatic heterocycles. The molecular weight excluding hydrogens is 303 g/mol. The van der Waals surface area contributed by atoms with Crippen LogP contribution in [0.25, 0.3) is 0 Å². The number of ether oxygens (including phenoxy) is 1. The molecule has 1 unspecified atom stereocenters. The summed E-state index contributed by atoms with van der Waals surface area (Å²) in [6, 6.07) is 2.21. The van der Waals surface area contributed by atoms with Gasteiger partial charge >= 0.3 is 0 Å². The minimum absolute atomic E-state index is 0.537. The molecule has 0 spiro atoms. The number of fused-ring (bicyclic) bond motifs is 1. The lowest BCUT2D eigenvalue weighted by atomic mass is 10.00. The maximum atomic E-state index is 5.25. The first-order valence-electron chi connectivity index (χ1n) is 5.16. The fourth-order valence-electron chi connectivity index (χ4n) is 1.93. The van der Waals surface area contributed by atoms with Crippen molar-refractivity contribution >= 4 is 22.6 Å². The molecule has 2 rings (SSSR count). The Labute approximate surface area is 104 Å². The molecule has 1 aromatic rings. The summed E-state index contributed by atoms with van der Waals surface area (Å²) < 4.78 is 6.35. The van der Waals surface area contributed by atoms with Crippen molar-refractivity contribution in [1.82, 2.24) is 10.3 Å². The Morgan fingerprint density at radius 2 is 2.40 bits per heavy atom. The third kappa shape index (κ3) is 2.25. The SMILES string of the molecule is COc1nc2c(cc1I)C(C)CNCC2. The van der Waals surface area contributed by atoms with Crippen molar-refractivity contribution in [1.29, 1.82) is 0 Å². The van der Waals surface area contributed by atoms with Gasteiger partial charge in [0.25, 0.3) is 0 Å². The van der Waals surface area contributed by atoms with E-state index < -0.39 is 0 Å². The summed E-state index contributed by atoms with van der Waals surface area (Å²) in [4.78, 5) is 4.57. The summed E-state index contributed by atoms with van der Waals surface area (Å²) in [5, 5.41) is 3.42. The number of hydrogen-bond acceptors (Lipinski definition) is 3. The highest BCUT2D eigenvalue weighted by Crippen LogP contribution is 2.27. The minimum Gasteiger partial charge on any atom is -0.480 e. The Morgan fingerprint density at radius 1 is 1.60 bits per heavy atom. The lowest BCUT2D eigenvalue weighted by Gasteiger charge is -2.13. The van der Waals surface area contributed by atoms with Crippen LogP contribution in [0.2, 0.25) is 0 Å². The van der Waals surface area contributed by atoms with Gasteiger partial charge in [0, 0.05) is 25.2 Å². The molecule has 0 radical (unpaired) electrons. The van der Waals surface area contributed by atoms with E-state index in [1.54, 1.807) is 7.11 Å². The van der Waals surface area contributed by atoms with Crippen LogP contribution in [0.1, 0.15) is 24.1 Å². The second-order valence-corrected chi connectivity index (χ2v) is 5.03. The van der Waals surface area contributed by atoms with Gasteiger partial charge in [0.2, 0.25) is 5.88 Å². The molecule has 0 aliphatic carbocycles. The molecule has 1 aliphatic heterocycles. The largest absolute Gasteiger partial charge is 0.480 e. The number of halogens is 1. The van der Waals surface area contributed by atoms with Gasteiger partial charge in [-0.15, -0.1) is 0 Å². The van der Waals surface area contributed by atoms with Crippen LogP contribution in [0, 0.1) is 3.57 Å². The zero-order valence-electron chi connectivity index (χ0n) is 9.01. The molecule has 0 amide bonds. The zero-order valence-corrected chi connectivity index (χ0v) is 11.2. The molecule has 1 atom stereocenters. The number of nitrogens with zero attached hydrogens (tertiary/aromatic N) is 1. The summed E-state index contributed by atoms with van der Waals surface area (Å²) in [5.41, 5.74) is 2.55. The van der Waals surface area contributed by atoms with Crippen molar-refractivity contribution < 1.29 is 4.74 Å². The minimum atomic E-state index is 0.537. The zero-order chi connectivity index (χ0) is 10.8. The third-order valence-electron chi connectivity index (χ3n) is 2.77. The smallest absolute Gasteiger partial charge is 0.227 e. The monoisotopic (exact) mass is 318 g/mol. The van der Waals surface area contributed by atoms with Crippen LogP contribution >= 0.6 is 22.6 Å². The Hall–Kier alpha value is -0.360. The summed E-state index contributed by atoms with van der Waals surface area (Å²) in [5.74, 6) is 1.29. The van der Waals surface area contributed by atoms with Crippen LogP contribution in [0.15, 0.2) is 6.07 Å².